The van der Waals surface area contributed by atoms with Gasteiger partial charge in [0.1, 0.15) is 12.3 Å². The molecule has 0 radical (unpaired) electrons. The van der Waals surface area contributed by atoms with Gasteiger partial charge in [0, 0.05) is 32.6 Å². The van der Waals surface area contributed by atoms with Crippen LogP contribution in [0.1, 0.15) is 44.8 Å². The summed E-state index contributed by atoms with van der Waals surface area (Å²) in [5.41, 5.74) is 0. The molecule has 1 fully saturated rings. The molecule has 0 atom stereocenters. The van der Waals surface area contributed by atoms with Crippen molar-refractivity contribution in [2.75, 3.05) is 26.2 Å². The van der Waals surface area contributed by atoms with Crippen molar-refractivity contribution in [2.45, 2.75) is 45.6 Å². The fraction of sp³-hybridized carbons (Fsp3) is 0.647. The van der Waals surface area contributed by atoms with Crippen LogP contribution in [0, 0.1) is 0 Å². The van der Waals surface area contributed by atoms with E-state index in [1.54, 1.807) is 6.26 Å². The fourth-order valence-electron chi connectivity index (χ4n) is 2.65. The lowest BCUT2D eigenvalue weighted by molar-refractivity contribution is -0.130. The Kier molecular flexibility index (Phi) is 7.49. The van der Waals surface area contributed by atoms with Gasteiger partial charge in [0.15, 0.2) is 5.96 Å². The number of rotatable bonds is 7. The molecule has 0 unspecified atom stereocenters. The summed E-state index contributed by atoms with van der Waals surface area (Å²) in [5, 5.41) is 6.53. The third-order valence-corrected chi connectivity index (χ3v) is 3.89. The van der Waals surface area contributed by atoms with Crippen LogP contribution in [0.5, 0.6) is 0 Å². The minimum absolute atomic E-state index is 0.306. The molecule has 1 aromatic heterocycles. The maximum Gasteiger partial charge on any atom is 0.222 e. The van der Waals surface area contributed by atoms with E-state index in [1.165, 1.54) is 6.42 Å². The minimum atomic E-state index is 0.306. The fourth-order valence-corrected chi connectivity index (χ4v) is 2.65. The zero-order chi connectivity index (χ0) is 16.3. The molecule has 128 valence electrons. The number of carbonyl (C=O) groups excluding carboxylic acids is 1. The lowest BCUT2D eigenvalue weighted by Gasteiger charge is -2.20. The predicted octanol–water partition coefficient (Wildman–Crippen LogP) is 2.13. The SMILES string of the molecule is CCNC(=NCc1ccco1)NCCCN1CCCCCC1=O. The van der Waals surface area contributed by atoms with Crippen molar-refractivity contribution in [3.63, 3.8) is 0 Å². The third kappa shape index (κ3) is 6.34. The molecule has 1 amide bonds. The van der Waals surface area contributed by atoms with Crippen LogP contribution in [0.15, 0.2) is 27.8 Å². The van der Waals surface area contributed by atoms with Crippen LogP contribution in [0.2, 0.25) is 0 Å². The number of carbonyl (C=O) groups is 1. The van der Waals surface area contributed by atoms with Gasteiger partial charge in [-0.25, -0.2) is 4.99 Å². The number of hydrogen-bond donors (Lipinski definition) is 2. The molecular formula is C17H28N4O2. The first-order valence-electron chi connectivity index (χ1n) is 8.62. The summed E-state index contributed by atoms with van der Waals surface area (Å²) in [4.78, 5) is 18.4. The molecular weight excluding hydrogens is 292 g/mol. The Balaban J connectivity index is 1.71. The Morgan fingerprint density at radius 2 is 2.26 bits per heavy atom. The van der Waals surface area contributed by atoms with E-state index in [4.69, 9.17) is 4.42 Å². The molecule has 0 saturated carbocycles. The van der Waals surface area contributed by atoms with E-state index in [-0.39, 0.29) is 0 Å². The van der Waals surface area contributed by atoms with Crippen LogP contribution in [-0.2, 0) is 11.3 Å². The average Bonchev–Trinajstić information content (AvgIpc) is 2.99. The van der Waals surface area contributed by atoms with E-state index in [2.05, 4.69) is 15.6 Å². The largest absolute Gasteiger partial charge is 0.467 e. The summed E-state index contributed by atoms with van der Waals surface area (Å²) in [6.07, 6.45) is 6.63. The third-order valence-electron chi connectivity index (χ3n) is 3.89. The van der Waals surface area contributed by atoms with Crippen molar-refractivity contribution in [3.8, 4) is 0 Å². The molecule has 1 aromatic rings. The molecule has 1 aliphatic rings. The van der Waals surface area contributed by atoms with Crippen molar-refractivity contribution in [2.24, 2.45) is 4.99 Å². The van der Waals surface area contributed by atoms with E-state index in [1.807, 2.05) is 24.0 Å². The van der Waals surface area contributed by atoms with Gasteiger partial charge in [-0.3, -0.25) is 4.79 Å². The number of nitrogens with zero attached hydrogens (tertiary/aromatic N) is 2. The molecule has 2 rings (SSSR count). The highest BCUT2D eigenvalue weighted by atomic mass is 16.3. The molecule has 0 bridgehead atoms. The van der Waals surface area contributed by atoms with Crippen LogP contribution in [0.3, 0.4) is 0 Å². The second kappa shape index (κ2) is 9.92. The number of hydrogen-bond acceptors (Lipinski definition) is 3. The molecule has 6 heteroatoms. The first-order chi connectivity index (χ1) is 11.3. The number of nitrogens with one attached hydrogen (secondary N) is 2. The minimum Gasteiger partial charge on any atom is -0.467 e. The maximum absolute atomic E-state index is 11.9. The summed E-state index contributed by atoms with van der Waals surface area (Å²) >= 11 is 0. The highest BCUT2D eigenvalue weighted by Crippen LogP contribution is 2.11. The summed E-state index contributed by atoms with van der Waals surface area (Å²) in [6, 6.07) is 3.78. The quantitative estimate of drug-likeness (QED) is 0.459. The number of amides is 1. The second-order valence-corrected chi connectivity index (χ2v) is 5.75. The Morgan fingerprint density at radius 3 is 3.04 bits per heavy atom. The maximum atomic E-state index is 11.9. The normalized spacial score (nSPS) is 16.3. The first kappa shape index (κ1) is 17.4. The van der Waals surface area contributed by atoms with Crippen LogP contribution >= 0.6 is 0 Å². The number of guanidine groups is 1. The Morgan fingerprint density at radius 1 is 1.35 bits per heavy atom. The number of furan rings is 1. The molecule has 0 spiro atoms. The monoisotopic (exact) mass is 320 g/mol. The molecule has 0 aromatic carbocycles. The average molecular weight is 320 g/mol. The summed E-state index contributed by atoms with van der Waals surface area (Å²) in [7, 11) is 0. The van der Waals surface area contributed by atoms with Gasteiger partial charge in [-0.15, -0.1) is 0 Å². The predicted molar refractivity (Wildman–Crippen MR) is 91.2 cm³/mol. The van der Waals surface area contributed by atoms with Crippen LogP contribution in [0.4, 0.5) is 0 Å². The molecule has 1 saturated heterocycles. The highest BCUT2D eigenvalue weighted by Gasteiger charge is 2.15. The highest BCUT2D eigenvalue weighted by molar-refractivity contribution is 5.79. The second-order valence-electron chi connectivity index (χ2n) is 5.75. The molecule has 0 aliphatic carbocycles. The van der Waals surface area contributed by atoms with Gasteiger partial charge in [0.2, 0.25) is 5.91 Å². The van der Waals surface area contributed by atoms with Crippen LogP contribution in [-0.4, -0.2) is 42.9 Å². The van der Waals surface area contributed by atoms with Gasteiger partial charge in [-0.1, -0.05) is 6.42 Å². The summed E-state index contributed by atoms with van der Waals surface area (Å²) in [5.74, 6) is 1.93. The van der Waals surface area contributed by atoms with Gasteiger partial charge in [0.25, 0.3) is 0 Å². The van der Waals surface area contributed by atoms with Crippen molar-refractivity contribution in [3.05, 3.63) is 24.2 Å². The van der Waals surface area contributed by atoms with Crippen molar-refractivity contribution >= 4 is 11.9 Å². The van der Waals surface area contributed by atoms with Crippen molar-refractivity contribution < 1.29 is 9.21 Å². The molecule has 1 aliphatic heterocycles. The topological polar surface area (TPSA) is 69.9 Å². The Labute approximate surface area is 138 Å². The zero-order valence-electron chi connectivity index (χ0n) is 14.0. The Hall–Kier alpha value is -1.98. The molecule has 2 N–H and O–H groups in total. The van der Waals surface area contributed by atoms with Crippen molar-refractivity contribution in [1.82, 2.24) is 15.5 Å². The van der Waals surface area contributed by atoms with E-state index in [0.717, 1.165) is 57.2 Å². The van der Waals surface area contributed by atoms with Gasteiger partial charge < -0.3 is 20.0 Å². The summed E-state index contributed by atoms with van der Waals surface area (Å²) in [6.45, 7) is 5.91. The molecule has 6 nitrogen and oxygen atoms in total. The standard InChI is InChI=1S/C17H28N4O2/c1-2-18-17(20-14-15-8-6-13-23-15)19-10-7-12-21-11-5-3-4-9-16(21)22/h6,8,13H,2-5,7,9-12,14H2,1H3,(H2,18,19,20). The molecule has 23 heavy (non-hydrogen) atoms. The van der Waals surface area contributed by atoms with E-state index in [9.17, 15) is 4.79 Å². The van der Waals surface area contributed by atoms with Gasteiger partial charge in [0.05, 0.1) is 6.26 Å². The van der Waals surface area contributed by atoms with Gasteiger partial charge >= 0.3 is 0 Å². The smallest absolute Gasteiger partial charge is 0.222 e. The van der Waals surface area contributed by atoms with Gasteiger partial charge in [-0.05, 0) is 38.3 Å². The van der Waals surface area contributed by atoms with E-state index in [0.29, 0.717) is 18.9 Å². The van der Waals surface area contributed by atoms with Crippen LogP contribution < -0.4 is 10.6 Å². The zero-order valence-corrected chi connectivity index (χ0v) is 14.0. The van der Waals surface area contributed by atoms with Gasteiger partial charge in [-0.2, -0.15) is 0 Å². The lowest BCUT2D eigenvalue weighted by atomic mass is 10.2. The molecule has 2 heterocycles. The van der Waals surface area contributed by atoms with Crippen LogP contribution in [0.25, 0.3) is 0 Å². The number of likely N-dealkylation sites (tertiary alicyclic amines) is 1. The lowest BCUT2D eigenvalue weighted by Crippen LogP contribution is -2.39. The summed E-state index contributed by atoms with van der Waals surface area (Å²) < 4.78 is 5.28. The Bertz CT molecular complexity index is 485. The number of aliphatic imine (C=N–C) groups is 1. The van der Waals surface area contributed by atoms with E-state index < -0.39 is 0 Å². The van der Waals surface area contributed by atoms with Crippen molar-refractivity contribution in [1.29, 1.82) is 0 Å². The first-order valence-corrected chi connectivity index (χ1v) is 8.62. The van der Waals surface area contributed by atoms with E-state index >= 15 is 0 Å².